The van der Waals surface area contributed by atoms with Crippen LogP contribution in [-0.4, -0.2) is 17.7 Å². The minimum atomic E-state index is -0.483. The van der Waals surface area contributed by atoms with Gasteiger partial charge in [-0.1, -0.05) is 18.2 Å². The standard InChI is InChI=1S/C33H36N6O3/c1-19-28(16-37-25-10-4-7-22(13-25)31(34)40)20(2)30(18-39-27-12-6-9-24(15-27)33(36)42)21(3)29(19)17-38-26-11-5-8-23(14-26)32(35)41/h4-15,37-39H,16-18H2,1-3H3,(H2,34,40)(H2,35,41)(H2,36,42). The number of benzene rings is 4. The van der Waals surface area contributed by atoms with Gasteiger partial charge in [0.25, 0.3) is 0 Å². The molecule has 216 valence electrons. The van der Waals surface area contributed by atoms with E-state index in [1.54, 1.807) is 54.6 Å². The van der Waals surface area contributed by atoms with Crippen LogP contribution in [0, 0.1) is 20.8 Å². The van der Waals surface area contributed by atoms with Crippen LogP contribution in [0.2, 0.25) is 0 Å². The molecule has 4 aromatic carbocycles. The van der Waals surface area contributed by atoms with Gasteiger partial charge in [-0.15, -0.1) is 0 Å². The van der Waals surface area contributed by atoms with Gasteiger partial charge in [-0.2, -0.15) is 0 Å². The molecule has 0 aliphatic carbocycles. The van der Waals surface area contributed by atoms with Crippen molar-refractivity contribution in [3.8, 4) is 0 Å². The first-order valence-electron chi connectivity index (χ1n) is 13.6. The quantitative estimate of drug-likeness (QED) is 0.145. The van der Waals surface area contributed by atoms with Crippen LogP contribution >= 0.6 is 0 Å². The molecule has 0 unspecified atom stereocenters. The van der Waals surface area contributed by atoms with E-state index in [0.717, 1.165) is 50.4 Å². The van der Waals surface area contributed by atoms with Crippen LogP contribution in [0.5, 0.6) is 0 Å². The predicted octanol–water partition coefficient (Wildman–Crippen LogP) is 4.74. The van der Waals surface area contributed by atoms with Crippen LogP contribution in [0.25, 0.3) is 0 Å². The van der Waals surface area contributed by atoms with Gasteiger partial charge in [0.2, 0.25) is 17.7 Å². The SMILES string of the molecule is Cc1c(CNc2cccc(C(N)=O)c2)c(C)c(CNc2cccc(C(N)=O)c2)c(C)c1CNc1cccc(C(N)=O)c1. The molecular weight excluding hydrogens is 528 g/mol. The smallest absolute Gasteiger partial charge is 0.248 e. The van der Waals surface area contributed by atoms with Gasteiger partial charge in [-0.05, 0) is 109 Å². The number of primary amides is 3. The molecule has 4 rings (SSSR count). The zero-order valence-corrected chi connectivity index (χ0v) is 24.0. The van der Waals surface area contributed by atoms with Crippen molar-refractivity contribution in [3.05, 3.63) is 123 Å². The molecule has 3 amide bonds. The third-order valence-electron chi connectivity index (χ3n) is 7.57. The molecule has 0 aliphatic rings. The summed E-state index contributed by atoms with van der Waals surface area (Å²) in [6.07, 6.45) is 0. The molecule has 0 bridgehead atoms. The first-order chi connectivity index (χ1) is 20.0. The number of nitrogens with one attached hydrogen (secondary N) is 3. The summed E-state index contributed by atoms with van der Waals surface area (Å²) in [5.74, 6) is -1.45. The zero-order chi connectivity index (χ0) is 30.4. The molecule has 0 saturated carbocycles. The molecule has 9 heteroatoms. The van der Waals surface area contributed by atoms with Crippen LogP contribution in [0.3, 0.4) is 0 Å². The van der Waals surface area contributed by atoms with E-state index in [-0.39, 0.29) is 0 Å². The second-order valence-electron chi connectivity index (χ2n) is 10.2. The lowest BCUT2D eigenvalue weighted by Crippen LogP contribution is -2.16. The summed E-state index contributed by atoms with van der Waals surface area (Å²) >= 11 is 0. The Balaban J connectivity index is 1.68. The van der Waals surface area contributed by atoms with Gasteiger partial charge in [0, 0.05) is 53.4 Å². The van der Waals surface area contributed by atoms with Crippen molar-refractivity contribution in [1.82, 2.24) is 0 Å². The van der Waals surface area contributed by atoms with E-state index in [9.17, 15) is 14.4 Å². The van der Waals surface area contributed by atoms with E-state index in [1.165, 1.54) is 0 Å². The van der Waals surface area contributed by atoms with E-state index in [4.69, 9.17) is 17.2 Å². The Hall–Kier alpha value is -5.31. The maximum atomic E-state index is 11.7. The third-order valence-corrected chi connectivity index (χ3v) is 7.57. The summed E-state index contributed by atoms with van der Waals surface area (Å²) in [6.45, 7) is 7.86. The maximum absolute atomic E-state index is 11.7. The average Bonchev–Trinajstić information content (AvgIpc) is 2.97. The van der Waals surface area contributed by atoms with Crippen molar-refractivity contribution in [3.63, 3.8) is 0 Å². The Labute approximate surface area is 245 Å². The number of carbonyl (C=O) groups is 3. The van der Waals surface area contributed by atoms with Crippen molar-refractivity contribution >= 4 is 34.8 Å². The van der Waals surface area contributed by atoms with Crippen molar-refractivity contribution in [2.24, 2.45) is 17.2 Å². The second-order valence-corrected chi connectivity index (χ2v) is 10.2. The van der Waals surface area contributed by atoms with Gasteiger partial charge in [0.15, 0.2) is 0 Å². The molecule has 0 atom stereocenters. The maximum Gasteiger partial charge on any atom is 0.248 e. The summed E-state index contributed by atoms with van der Waals surface area (Å²) in [7, 11) is 0. The van der Waals surface area contributed by atoms with Crippen LogP contribution < -0.4 is 33.2 Å². The fraction of sp³-hybridized carbons (Fsp3) is 0.182. The third kappa shape index (κ3) is 6.87. The Morgan fingerprint density at radius 2 is 0.762 bits per heavy atom. The molecule has 9 nitrogen and oxygen atoms in total. The molecular formula is C33H36N6O3. The minimum Gasteiger partial charge on any atom is -0.381 e. The van der Waals surface area contributed by atoms with Crippen molar-refractivity contribution in [1.29, 1.82) is 0 Å². The topological polar surface area (TPSA) is 165 Å². The Morgan fingerprint density at radius 3 is 1.00 bits per heavy atom. The van der Waals surface area contributed by atoms with Gasteiger partial charge >= 0.3 is 0 Å². The van der Waals surface area contributed by atoms with Gasteiger partial charge in [-0.25, -0.2) is 0 Å². The van der Waals surface area contributed by atoms with E-state index < -0.39 is 17.7 Å². The normalized spacial score (nSPS) is 10.6. The minimum absolute atomic E-state index is 0.434. The van der Waals surface area contributed by atoms with Crippen molar-refractivity contribution in [2.45, 2.75) is 40.4 Å². The van der Waals surface area contributed by atoms with Gasteiger partial charge in [-0.3, -0.25) is 14.4 Å². The molecule has 0 saturated heterocycles. The highest BCUT2D eigenvalue weighted by molar-refractivity contribution is 5.94. The molecule has 0 fully saturated rings. The molecule has 0 radical (unpaired) electrons. The average molecular weight is 565 g/mol. The number of nitrogens with two attached hydrogens (primary N) is 3. The van der Waals surface area contributed by atoms with Crippen molar-refractivity contribution < 1.29 is 14.4 Å². The fourth-order valence-electron chi connectivity index (χ4n) is 5.10. The summed E-state index contributed by atoms with van der Waals surface area (Å²) in [5.41, 5.74) is 26.8. The molecule has 0 aliphatic heterocycles. The van der Waals surface area contributed by atoms with Crippen LogP contribution in [0.1, 0.15) is 64.5 Å². The Bertz CT molecular complexity index is 1450. The van der Waals surface area contributed by atoms with Gasteiger partial charge in [0.1, 0.15) is 0 Å². The Kier molecular flexibility index (Phi) is 9.12. The van der Waals surface area contributed by atoms with Gasteiger partial charge < -0.3 is 33.2 Å². The molecule has 9 N–H and O–H groups in total. The highest BCUT2D eigenvalue weighted by Crippen LogP contribution is 2.30. The van der Waals surface area contributed by atoms with Crippen LogP contribution in [0.4, 0.5) is 17.1 Å². The summed E-state index contributed by atoms with van der Waals surface area (Å²) in [5, 5.41) is 10.3. The lowest BCUT2D eigenvalue weighted by atomic mass is 9.87. The highest BCUT2D eigenvalue weighted by Gasteiger charge is 2.18. The summed E-state index contributed by atoms with van der Waals surface area (Å²) in [6, 6.07) is 21.3. The molecule has 0 aromatic heterocycles. The number of rotatable bonds is 12. The second kappa shape index (κ2) is 12.9. The van der Waals surface area contributed by atoms with E-state index >= 15 is 0 Å². The van der Waals surface area contributed by atoms with E-state index in [0.29, 0.717) is 36.3 Å². The number of anilines is 3. The number of carbonyl (C=O) groups excluding carboxylic acids is 3. The molecule has 42 heavy (non-hydrogen) atoms. The number of hydrogen-bond acceptors (Lipinski definition) is 6. The van der Waals surface area contributed by atoms with Crippen LogP contribution in [-0.2, 0) is 19.6 Å². The monoisotopic (exact) mass is 564 g/mol. The number of amides is 3. The zero-order valence-electron chi connectivity index (χ0n) is 24.0. The molecule has 0 heterocycles. The lowest BCUT2D eigenvalue weighted by molar-refractivity contribution is 0.0992. The number of hydrogen-bond donors (Lipinski definition) is 6. The largest absolute Gasteiger partial charge is 0.381 e. The lowest BCUT2D eigenvalue weighted by Gasteiger charge is -2.24. The van der Waals surface area contributed by atoms with E-state index in [1.807, 2.05) is 18.2 Å². The first kappa shape index (κ1) is 29.7. The van der Waals surface area contributed by atoms with E-state index in [2.05, 4.69) is 36.7 Å². The predicted molar refractivity (Wildman–Crippen MR) is 168 cm³/mol. The summed E-state index contributed by atoms with van der Waals surface area (Å²) in [4.78, 5) is 35.1. The first-order valence-corrected chi connectivity index (χ1v) is 13.6. The molecule has 4 aromatic rings. The van der Waals surface area contributed by atoms with Gasteiger partial charge in [0.05, 0.1) is 0 Å². The Morgan fingerprint density at radius 1 is 0.500 bits per heavy atom. The molecule has 0 spiro atoms. The highest BCUT2D eigenvalue weighted by atomic mass is 16.2. The van der Waals surface area contributed by atoms with Crippen molar-refractivity contribution in [2.75, 3.05) is 16.0 Å². The summed E-state index contributed by atoms with van der Waals surface area (Å²) < 4.78 is 0. The van der Waals surface area contributed by atoms with Crippen LogP contribution in [0.15, 0.2) is 72.8 Å². The fourth-order valence-corrected chi connectivity index (χ4v) is 5.10.